The smallest absolute Gasteiger partial charge is 0.353 e. The molecule has 2 saturated carbocycles. The van der Waals surface area contributed by atoms with E-state index >= 15 is 39.5 Å². The van der Waals surface area contributed by atoms with Crippen molar-refractivity contribution in [3.63, 3.8) is 0 Å². The van der Waals surface area contributed by atoms with Gasteiger partial charge in [-0.05, 0) is 12.8 Å². The van der Waals surface area contributed by atoms with Crippen LogP contribution in [0.4, 0.5) is 39.5 Å². The van der Waals surface area contributed by atoms with Gasteiger partial charge in [-0.15, -0.1) is 0 Å². The van der Waals surface area contributed by atoms with E-state index in [1.54, 1.807) is 0 Å². The van der Waals surface area contributed by atoms with Gasteiger partial charge in [0.1, 0.15) is 26.4 Å². The molecule has 6 atom stereocenters. The van der Waals surface area contributed by atoms with Gasteiger partial charge in [-0.1, -0.05) is 26.7 Å². The van der Waals surface area contributed by atoms with Gasteiger partial charge in [0.25, 0.3) is 5.67 Å². The SMILES string of the molecule is C=CC(=O)OCC1(F)CCC(F)(COC(=O)C=C)C2(F)C1C(F)(COC(=O)CC)C(F)(F)C(F)(F)C2(F)COC(=O)C=C. The Balaban J connectivity index is 3.05. The summed E-state index contributed by atoms with van der Waals surface area (Å²) < 4.78 is 164. The van der Waals surface area contributed by atoms with E-state index in [1.165, 1.54) is 0 Å². The van der Waals surface area contributed by atoms with Crippen molar-refractivity contribution in [1.82, 2.24) is 0 Å². The average molecular weight is 638 g/mol. The summed E-state index contributed by atoms with van der Waals surface area (Å²) in [7, 11) is 0. The number of hydrogen-bond acceptors (Lipinski definition) is 8. The molecule has 0 aromatic rings. The van der Waals surface area contributed by atoms with E-state index in [0.29, 0.717) is 12.2 Å². The van der Waals surface area contributed by atoms with E-state index in [2.05, 4.69) is 38.7 Å². The van der Waals surface area contributed by atoms with Gasteiger partial charge in [-0.2, -0.15) is 17.6 Å². The fourth-order valence-electron chi connectivity index (χ4n) is 5.29. The highest BCUT2D eigenvalue weighted by Gasteiger charge is 2.98. The minimum Gasteiger partial charge on any atom is -0.462 e. The summed E-state index contributed by atoms with van der Waals surface area (Å²) in [5.74, 6) is -24.0. The van der Waals surface area contributed by atoms with Crippen LogP contribution in [-0.2, 0) is 38.1 Å². The first-order valence-corrected chi connectivity index (χ1v) is 12.4. The molecule has 0 aromatic heterocycles. The fourth-order valence-corrected chi connectivity index (χ4v) is 5.29. The Labute approximate surface area is 238 Å². The molecule has 17 heteroatoms. The number of alkyl halides is 9. The van der Waals surface area contributed by atoms with E-state index in [9.17, 15) is 19.2 Å². The van der Waals surface area contributed by atoms with Crippen molar-refractivity contribution in [2.75, 3.05) is 26.4 Å². The lowest BCUT2D eigenvalue weighted by Gasteiger charge is -2.65. The Morgan fingerprint density at radius 1 is 0.674 bits per heavy atom. The summed E-state index contributed by atoms with van der Waals surface area (Å²) in [4.78, 5) is 46.6. The number of halogens is 9. The van der Waals surface area contributed by atoms with Crippen molar-refractivity contribution < 1.29 is 77.6 Å². The van der Waals surface area contributed by atoms with Crippen molar-refractivity contribution >= 4 is 23.9 Å². The molecule has 8 nitrogen and oxygen atoms in total. The van der Waals surface area contributed by atoms with Gasteiger partial charge >= 0.3 is 35.7 Å². The van der Waals surface area contributed by atoms with Crippen LogP contribution in [0.15, 0.2) is 38.0 Å². The Hall–Kier alpha value is -3.53. The molecule has 2 aliphatic rings. The standard InChI is InChI=1S/C26H27F9O8/c1-5-15(36)40-11-20(27)9-10-21(28,12-41-16(37)6-2)24(31)19(20)22(29,13-42-17(38)7-3)25(32,33)26(34,35)23(24,30)14-43-18(39)8-4/h5-6,8,19H,1-2,4,7,9-14H2,3H3. The molecule has 2 rings (SSSR count). The third kappa shape index (κ3) is 5.28. The normalized spacial score (nSPS) is 35.8. The number of fused-ring (bicyclic) bond motifs is 1. The van der Waals surface area contributed by atoms with Gasteiger partial charge < -0.3 is 18.9 Å². The number of rotatable bonds is 12. The van der Waals surface area contributed by atoms with Crippen LogP contribution in [-0.4, -0.2) is 90.5 Å². The Morgan fingerprint density at radius 2 is 1.14 bits per heavy atom. The molecular weight excluding hydrogens is 611 g/mol. The molecule has 2 aliphatic carbocycles. The third-order valence-corrected chi connectivity index (χ3v) is 7.50. The second kappa shape index (κ2) is 11.9. The van der Waals surface area contributed by atoms with Crippen LogP contribution in [0.2, 0.25) is 0 Å². The summed E-state index contributed by atoms with van der Waals surface area (Å²) in [6, 6.07) is 0. The highest BCUT2D eigenvalue weighted by molar-refractivity contribution is 5.82. The monoisotopic (exact) mass is 638 g/mol. The number of carbonyl (C=O) groups excluding carboxylic acids is 4. The molecule has 0 heterocycles. The number of esters is 4. The molecule has 0 N–H and O–H groups in total. The van der Waals surface area contributed by atoms with E-state index < -0.39 is 116 Å². The zero-order valence-electron chi connectivity index (χ0n) is 22.5. The zero-order valence-corrected chi connectivity index (χ0v) is 22.5. The number of ether oxygens (including phenoxy) is 4. The van der Waals surface area contributed by atoms with E-state index in [4.69, 9.17) is 0 Å². The van der Waals surface area contributed by atoms with Gasteiger partial charge in [0.2, 0.25) is 11.3 Å². The quantitative estimate of drug-likeness (QED) is 0.135. The molecule has 242 valence electrons. The van der Waals surface area contributed by atoms with Crippen molar-refractivity contribution in [1.29, 1.82) is 0 Å². The predicted molar refractivity (Wildman–Crippen MR) is 127 cm³/mol. The van der Waals surface area contributed by atoms with Gasteiger partial charge in [-0.25, -0.2) is 36.3 Å². The van der Waals surface area contributed by atoms with Gasteiger partial charge in [0.05, 0.1) is 5.92 Å². The number of hydrogen-bond donors (Lipinski definition) is 0. The summed E-state index contributed by atoms with van der Waals surface area (Å²) in [5, 5.41) is 0. The lowest BCUT2D eigenvalue weighted by molar-refractivity contribution is -0.433. The first-order chi connectivity index (χ1) is 19.6. The number of carbonyl (C=O) groups is 4. The molecule has 0 amide bonds. The summed E-state index contributed by atoms with van der Waals surface area (Å²) in [6.45, 7) is 0.389. The van der Waals surface area contributed by atoms with Crippen LogP contribution < -0.4 is 0 Å². The Morgan fingerprint density at radius 3 is 1.60 bits per heavy atom. The minimum atomic E-state index is -6.71. The maximum Gasteiger partial charge on any atom is 0.353 e. The zero-order chi connectivity index (χ0) is 33.3. The Kier molecular flexibility index (Phi) is 9.84. The molecule has 43 heavy (non-hydrogen) atoms. The highest BCUT2D eigenvalue weighted by Crippen LogP contribution is 2.73. The lowest BCUT2D eigenvalue weighted by Crippen LogP contribution is -2.90. The molecule has 0 radical (unpaired) electrons. The molecule has 0 aliphatic heterocycles. The van der Waals surface area contributed by atoms with Gasteiger partial charge in [0, 0.05) is 24.6 Å². The maximum atomic E-state index is 17.5. The van der Waals surface area contributed by atoms with Gasteiger partial charge in [-0.3, -0.25) is 4.79 Å². The molecule has 2 fully saturated rings. The average Bonchev–Trinajstić information content (AvgIpc) is 2.97. The van der Waals surface area contributed by atoms with Crippen molar-refractivity contribution in [3.05, 3.63) is 38.0 Å². The van der Waals surface area contributed by atoms with Crippen LogP contribution in [0.25, 0.3) is 0 Å². The topological polar surface area (TPSA) is 105 Å². The minimum absolute atomic E-state index is 0.193. The Bertz CT molecular complexity index is 1180. The van der Waals surface area contributed by atoms with Crippen molar-refractivity contribution in [2.24, 2.45) is 5.92 Å². The third-order valence-electron chi connectivity index (χ3n) is 7.50. The van der Waals surface area contributed by atoms with E-state index in [0.717, 1.165) is 6.92 Å². The molecule has 0 bridgehead atoms. The van der Waals surface area contributed by atoms with Crippen LogP contribution in [0, 0.1) is 5.92 Å². The van der Waals surface area contributed by atoms with E-state index in [1.807, 2.05) is 0 Å². The first-order valence-electron chi connectivity index (χ1n) is 12.4. The predicted octanol–water partition coefficient (Wildman–Crippen LogP) is 4.36. The van der Waals surface area contributed by atoms with Crippen LogP contribution >= 0.6 is 0 Å². The molecule has 0 aromatic carbocycles. The van der Waals surface area contributed by atoms with Crippen LogP contribution in [0.3, 0.4) is 0 Å². The summed E-state index contributed by atoms with van der Waals surface area (Å²) in [6.07, 6.45) is -3.18. The molecule has 0 saturated heterocycles. The summed E-state index contributed by atoms with van der Waals surface area (Å²) in [5.41, 5.74) is -25.5. The molecular formula is C26H27F9O8. The van der Waals surface area contributed by atoms with Crippen molar-refractivity contribution in [2.45, 2.75) is 66.4 Å². The van der Waals surface area contributed by atoms with Crippen molar-refractivity contribution in [3.8, 4) is 0 Å². The second-order valence-electron chi connectivity index (χ2n) is 9.91. The first kappa shape index (κ1) is 35.7. The van der Waals surface area contributed by atoms with Gasteiger partial charge in [0.15, 0.2) is 11.3 Å². The summed E-state index contributed by atoms with van der Waals surface area (Å²) >= 11 is 0. The largest absolute Gasteiger partial charge is 0.462 e. The van der Waals surface area contributed by atoms with Crippen LogP contribution in [0.1, 0.15) is 26.2 Å². The fraction of sp³-hybridized carbons (Fsp3) is 0.615. The van der Waals surface area contributed by atoms with Crippen LogP contribution in [0.5, 0.6) is 0 Å². The molecule has 0 spiro atoms. The lowest BCUT2D eigenvalue weighted by atomic mass is 9.46. The molecule has 6 unspecified atom stereocenters. The highest BCUT2D eigenvalue weighted by atomic mass is 19.3. The maximum absolute atomic E-state index is 17.5. The van der Waals surface area contributed by atoms with E-state index in [-0.39, 0.29) is 6.08 Å². The second-order valence-corrected chi connectivity index (χ2v) is 9.91.